The van der Waals surface area contributed by atoms with Crippen molar-refractivity contribution in [2.24, 2.45) is 5.73 Å². The van der Waals surface area contributed by atoms with Gasteiger partial charge in [0.05, 0.1) is 7.11 Å². The normalized spacial score (nSPS) is 11.5. The molecule has 0 atom stereocenters. The lowest BCUT2D eigenvalue weighted by molar-refractivity contribution is 0.385. The summed E-state index contributed by atoms with van der Waals surface area (Å²) in [5, 5.41) is 0. The van der Waals surface area contributed by atoms with E-state index in [-0.39, 0.29) is 16.3 Å². The van der Waals surface area contributed by atoms with Gasteiger partial charge in [0.1, 0.15) is 0 Å². The van der Waals surface area contributed by atoms with Gasteiger partial charge in [0, 0.05) is 16.2 Å². The summed E-state index contributed by atoms with van der Waals surface area (Å²) in [5.41, 5.74) is 5.61. The van der Waals surface area contributed by atoms with Gasteiger partial charge in [0.15, 0.2) is 11.6 Å². The van der Waals surface area contributed by atoms with Crippen LogP contribution in [0.25, 0.3) is 0 Å². The molecule has 0 radical (unpaired) electrons. The molecule has 0 heterocycles. The summed E-state index contributed by atoms with van der Waals surface area (Å²) in [6.07, 6.45) is 0. The summed E-state index contributed by atoms with van der Waals surface area (Å²) in [5.74, 6) is -0.0692. The van der Waals surface area contributed by atoms with Crippen LogP contribution in [0, 0.1) is 5.82 Å². The summed E-state index contributed by atoms with van der Waals surface area (Å²) < 4.78 is 18.1. The van der Waals surface area contributed by atoms with Crippen molar-refractivity contribution in [1.29, 1.82) is 0 Å². The third-order valence-electron chi connectivity index (χ3n) is 2.01. The molecule has 84 valence electrons. The zero-order valence-corrected chi connectivity index (χ0v) is 10.0. The number of nitrogens with two attached hydrogens (primary N) is 1. The van der Waals surface area contributed by atoms with Crippen LogP contribution in [0.3, 0.4) is 0 Å². The second kappa shape index (κ2) is 4.86. The zero-order valence-electron chi connectivity index (χ0n) is 9.21. The molecule has 0 bridgehead atoms. The third-order valence-corrected chi connectivity index (χ3v) is 3.22. The molecule has 0 saturated carbocycles. The highest BCUT2D eigenvalue weighted by molar-refractivity contribution is 8.00. The van der Waals surface area contributed by atoms with Gasteiger partial charge in [0.25, 0.3) is 0 Å². The van der Waals surface area contributed by atoms with Crippen molar-refractivity contribution in [2.45, 2.75) is 23.5 Å². The van der Waals surface area contributed by atoms with Crippen molar-refractivity contribution in [3.05, 3.63) is 24.0 Å². The Hall–Kier alpha value is -0.740. The molecular weight excluding hydrogens is 213 g/mol. The van der Waals surface area contributed by atoms with Gasteiger partial charge < -0.3 is 10.5 Å². The maximum atomic E-state index is 13.4. The number of thioether (sulfide) groups is 1. The number of hydrogen-bond donors (Lipinski definition) is 1. The first-order valence-electron chi connectivity index (χ1n) is 4.71. The highest BCUT2D eigenvalue weighted by atomic mass is 32.2. The first-order chi connectivity index (χ1) is 6.98. The molecule has 0 aliphatic heterocycles. The average molecular weight is 229 g/mol. The topological polar surface area (TPSA) is 35.2 Å². The van der Waals surface area contributed by atoms with Crippen LogP contribution in [0.2, 0.25) is 0 Å². The summed E-state index contributed by atoms with van der Waals surface area (Å²) in [6.45, 7) is 4.60. The van der Waals surface area contributed by atoms with Crippen LogP contribution in [0.1, 0.15) is 13.8 Å². The largest absolute Gasteiger partial charge is 0.494 e. The Kier molecular flexibility index (Phi) is 3.99. The van der Waals surface area contributed by atoms with E-state index in [1.54, 1.807) is 17.8 Å². The molecule has 2 N–H and O–H groups in total. The van der Waals surface area contributed by atoms with E-state index in [1.807, 2.05) is 19.9 Å². The summed E-state index contributed by atoms with van der Waals surface area (Å²) >= 11 is 1.56. The molecule has 15 heavy (non-hydrogen) atoms. The maximum absolute atomic E-state index is 13.4. The average Bonchev–Trinajstić information content (AvgIpc) is 2.17. The molecule has 0 saturated heterocycles. The molecular formula is C11H16FNOS. The molecule has 0 amide bonds. The van der Waals surface area contributed by atoms with Gasteiger partial charge >= 0.3 is 0 Å². The van der Waals surface area contributed by atoms with Crippen molar-refractivity contribution in [1.82, 2.24) is 0 Å². The fourth-order valence-corrected chi connectivity index (χ4v) is 2.09. The van der Waals surface area contributed by atoms with Gasteiger partial charge in [0.2, 0.25) is 0 Å². The molecule has 1 aromatic carbocycles. The SMILES string of the molecule is COc1ccc(SC(C)(C)CN)cc1F. The van der Waals surface area contributed by atoms with Crippen molar-refractivity contribution in [3.63, 3.8) is 0 Å². The van der Waals surface area contributed by atoms with Crippen LogP contribution < -0.4 is 10.5 Å². The van der Waals surface area contributed by atoms with Crippen molar-refractivity contribution in [2.75, 3.05) is 13.7 Å². The Bertz CT molecular complexity index is 341. The van der Waals surface area contributed by atoms with Crippen LogP contribution in [-0.4, -0.2) is 18.4 Å². The molecule has 0 aromatic heterocycles. The van der Waals surface area contributed by atoms with Gasteiger partial charge in [-0.25, -0.2) is 4.39 Å². The van der Waals surface area contributed by atoms with E-state index >= 15 is 0 Å². The first kappa shape index (κ1) is 12.3. The monoisotopic (exact) mass is 229 g/mol. The highest BCUT2D eigenvalue weighted by Gasteiger charge is 2.17. The van der Waals surface area contributed by atoms with E-state index in [2.05, 4.69) is 0 Å². The van der Waals surface area contributed by atoms with E-state index in [9.17, 15) is 4.39 Å². The van der Waals surface area contributed by atoms with Crippen LogP contribution in [0.4, 0.5) is 4.39 Å². The van der Waals surface area contributed by atoms with Crippen LogP contribution in [0.15, 0.2) is 23.1 Å². The molecule has 4 heteroatoms. The molecule has 0 unspecified atom stereocenters. The Morgan fingerprint density at radius 1 is 1.47 bits per heavy atom. The number of halogens is 1. The lowest BCUT2D eigenvalue weighted by atomic mass is 10.2. The second-order valence-electron chi connectivity index (χ2n) is 3.86. The van der Waals surface area contributed by atoms with E-state index in [0.717, 1.165) is 4.90 Å². The Morgan fingerprint density at radius 3 is 2.60 bits per heavy atom. The highest BCUT2D eigenvalue weighted by Crippen LogP contribution is 2.33. The van der Waals surface area contributed by atoms with E-state index in [0.29, 0.717) is 6.54 Å². The lowest BCUT2D eigenvalue weighted by Gasteiger charge is -2.21. The summed E-state index contributed by atoms with van der Waals surface area (Å²) in [6, 6.07) is 4.94. The molecule has 0 aliphatic carbocycles. The summed E-state index contributed by atoms with van der Waals surface area (Å²) in [4.78, 5) is 0.865. The van der Waals surface area contributed by atoms with Crippen LogP contribution >= 0.6 is 11.8 Å². The molecule has 0 fully saturated rings. The van der Waals surface area contributed by atoms with Gasteiger partial charge in [-0.05, 0) is 32.0 Å². The first-order valence-corrected chi connectivity index (χ1v) is 5.53. The molecule has 0 spiro atoms. The van der Waals surface area contributed by atoms with E-state index < -0.39 is 0 Å². The number of rotatable bonds is 4. The summed E-state index contributed by atoms with van der Waals surface area (Å²) in [7, 11) is 1.45. The minimum Gasteiger partial charge on any atom is -0.494 e. The van der Waals surface area contributed by atoms with Crippen molar-refractivity contribution < 1.29 is 9.13 Å². The predicted octanol–water partition coefficient (Wildman–Crippen LogP) is 2.66. The van der Waals surface area contributed by atoms with Crippen LogP contribution in [0.5, 0.6) is 5.75 Å². The van der Waals surface area contributed by atoms with Crippen LogP contribution in [-0.2, 0) is 0 Å². The molecule has 2 nitrogen and oxygen atoms in total. The number of hydrogen-bond acceptors (Lipinski definition) is 3. The third kappa shape index (κ3) is 3.39. The van der Waals surface area contributed by atoms with Crippen molar-refractivity contribution >= 4 is 11.8 Å². The number of methoxy groups -OCH3 is 1. The lowest BCUT2D eigenvalue weighted by Crippen LogP contribution is -2.26. The second-order valence-corrected chi connectivity index (χ2v) is 5.64. The van der Waals surface area contributed by atoms with Gasteiger partial charge in [-0.2, -0.15) is 0 Å². The Morgan fingerprint density at radius 2 is 2.13 bits per heavy atom. The maximum Gasteiger partial charge on any atom is 0.166 e. The quantitative estimate of drug-likeness (QED) is 0.806. The van der Waals surface area contributed by atoms with Gasteiger partial charge in [-0.3, -0.25) is 0 Å². The zero-order chi connectivity index (χ0) is 11.5. The molecule has 1 aromatic rings. The fraction of sp³-hybridized carbons (Fsp3) is 0.455. The molecule has 0 aliphatic rings. The smallest absolute Gasteiger partial charge is 0.166 e. The Labute approximate surface area is 94.0 Å². The molecule has 1 rings (SSSR count). The standard InChI is InChI=1S/C11H16FNOS/c1-11(2,7-13)15-8-4-5-10(14-3)9(12)6-8/h4-6H,7,13H2,1-3H3. The predicted molar refractivity (Wildman–Crippen MR) is 61.9 cm³/mol. The van der Waals surface area contributed by atoms with E-state index in [1.165, 1.54) is 13.2 Å². The number of ether oxygens (including phenoxy) is 1. The van der Waals surface area contributed by atoms with Gasteiger partial charge in [-0.15, -0.1) is 11.8 Å². The minimum atomic E-state index is -0.338. The number of benzene rings is 1. The van der Waals surface area contributed by atoms with Gasteiger partial charge in [-0.1, -0.05) is 0 Å². The van der Waals surface area contributed by atoms with E-state index in [4.69, 9.17) is 10.5 Å². The fourth-order valence-electron chi connectivity index (χ4n) is 1.07. The van der Waals surface area contributed by atoms with Crippen molar-refractivity contribution in [3.8, 4) is 5.75 Å². The minimum absolute atomic E-state index is 0.0823. The Balaban J connectivity index is 2.84.